The Morgan fingerprint density at radius 1 is 1.45 bits per heavy atom. The van der Waals surface area contributed by atoms with E-state index >= 15 is 0 Å². The van der Waals surface area contributed by atoms with Gasteiger partial charge in [-0.2, -0.15) is 0 Å². The monoisotopic (exact) mass is 289 g/mol. The van der Waals surface area contributed by atoms with Gasteiger partial charge in [0.15, 0.2) is 5.78 Å². The van der Waals surface area contributed by atoms with Gasteiger partial charge in [-0.05, 0) is 26.0 Å². The van der Waals surface area contributed by atoms with Crippen LogP contribution in [0.1, 0.15) is 36.3 Å². The maximum Gasteiger partial charge on any atom is 0.170 e. The second-order valence-electron chi connectivity index (χ2n) is 5.39. The largest absolute Gasteiger partial charge is 0.487 e. The van der Waals surface area contributed by atoms with Gasteiger partial charge in [-0.15, -0.1) is 11.3 Å². The first-order chi connectivity index (χ1) is 9.53. The summed E-state index contributed by atoms with van der Waals surface area (Å²) in [4.78, 5) is 16.2. The van der Waals surface area contributed by atoms with E-state index in [-0.39, 0.29) is 5.78 Å². The fraction of sp³-hybridized carbons (Fsp3) is 0.333. The van der Waals surface area contributed by atoms with Gasteiger partial charge in [0.2, 0.25) is 0 Å². The van der Waals surface area contributed by atoms with Crippen LogP contribution in [0, 0.1) is 0 Å². The van der Waals surface area contributed by atoms with Gasteiger partial charge in [-0.1, -0.05) is 0 Å². The number of ether oxygens (including phenoxy) is 2. The second kappa shape index (κ2) is 4.90. The molecule has 1 aromatic carbocycles. The standard InChI is InChI=1S/C15H15NO3S/c1-15(2)6-13(17)12-4-3-11(5-14(12)19-15)18-7-10-8-20-9-16-10/h3-5,8-9H,6-7H2,1-2H3. The van der Waals surface area contributed by atoms with E-state index in [4.69, 9.17) is 9.47 Å². The molecule has 4 nitrogen and oxygen atoms in total. The van der Waals surface area contributed by atoms with Gasteiger partial charge < -0.3 is 9.47 Å². The van der Waals surface area contributed by atoms with Gasteiger partial charge in [0.25, 0.3) is 0 Å². The lowest BCUT2D eigenvalue weighted by Crippen LogP contribution is -2.35. The summed E-state index contributed by atoms with van der Waals surface area (Å²) >= 11 is 1.54. The smallest absolute Gasteiger partial charge is 0.170 e. The molecule has 0 spiro atoms. The summed E-state index contributed by atoms with van der Waals surface area (Å²) in [5.41, 5.74) is 2.84. The first-order valence-corrected chi connectivity index (χ1v) is 7.34. The molecule has 0 aliphatic carbocycles. The molecule has 5 heteroatoms. The van der Waals surface area contributed by atoms with Crippen LogP contribution in [0.15, 0.2) is 29.1 Å². The lowest BCUT2D eigenvalue weighted by molar-refractivity contribution is 0.0618. The Balaban J connectivity index is 1.80. The van der Waals surface area contributed by atoms with Gasteiger partial charge in [0.05, 0.1) is 23.2 Å². The van der Waals surface area contributed by atoms with Crippen molar-refractivity contribution in [1.82, 2.24) is 4.98 Å². The zero-order valence-electron chi connectivity index (χ0n) is 11.4. The highest BCUT2D eigenvalue weighted by Gasteiger charge is 2.32. The first kappa shape index (κ1) is 13.1. The number of aromatic nitrogens is 1. The van der Waals surface area contributed by atoms with Crippen LogP contribution in [0.2, 0.25) is 0 Å². The number of carbonyl (C=O) groups excluding carboxylic acids is 1. The van der Waals surface area contributed by atoms with Crippen molar-refractivity contribution in [3.05, 3.63) is 40.3 Å². The summed E-state index contributed by atoms with van der Waals surface area (Å²) in [6.45, 7) is 4.24. The number of ketones is 1. The first-order valence-electron chi connectivity index (χ1n) is 6.40. The number of hydrogen-bond acceptors (Lipinski definition) is 5. The number of thiazole rings is 1. The number of Topliss-reactive ketones (excluding diaryl/α,β-unsaturated/α-hetero) is 1. The Morgan fingerprint density at radius 3 is 3.05 bits per heavy atom. The highest BCUT2D eigenvalue weighted by molar-refractivity contribution is 7.07. The Hall–Kier alpha value is -1.88. The number of fused-ring (bicyclic) bond motifs is 1. The van der Waals surface area contributed by atoms with Gasteiger partial charge in [0, 0.05) is 11.4 Å². The second-order valence-corrected chi connectivity index (χ2v) is 6.11. The fourth-order valence-electron chi connectivity index (χ4n) is 2.19. The average molecular weight is 289 g/mol. The third kappa shape index (κ3) is 2.67. The van der Waals surface area contributed by atoms with Crippen molar-refractivity contribution in [1.29, 1.82) is 0 Å². The molecule has 1 aliphatic heterocycles. The summed E-state index contributed by atoms with van der Waals surface area (Å²) in [5.74, 6) is 1.39. The normalized spacial score (nSPS) is 16.4. The summed E-state index contributed by atoms with van der Waals surface area (Å²) in [5, 5.41) is 1.95. The minimum absolute atomic E-state index is 0.113. The van der Waals surface area contributed by atoms with Gasteiger partial charge >= 0.3 is 0 Å². The topological polar surface area (TPSA) is 48.4 Å². The van der Waals surface area contributed by atoms with Crippen LogP contribution < -0.4 is 9.47 Å². The third-order valence-electron chi connectivity index (χ3n) is 3.10. The molecule has 0 saturated heterocycles. The van der Waals surface area contributed by atoms with Crippen molar-refractivity contribution in [3.8, 4) is 11.5 Å². The van der Waals surface area contributed by atoms with Crippen LogP contribution in [0.4, 0.5) is 0 Å². The molecule has 0 bridgehead atoms. The Kier molecular flexibility index (Phi) is 3.22. The molecule has 0 unspecified atom stereocenters. The van der Waals surface area contributed by atoms with Crippen LogP contribution in [0.3, 0.4) is 0 Å². The minimum Gasteiger partial charge on any atom is -0.487 e. The van der Waals surface area contributed by atoms with E-state index in [2.05, 4.69) is 4.98 Å². The van der Waals surface area contributed by atoms with Gasteiger partial charge in [-0.25, -0.2) is 4.98 Å². The molecule has 0 fully saturated rings. The Labute approximate surface area is 121 Å². The highest BCUT2D eigenvalue weighted by atomic mass is 32.1. The Bertz CT molecular complexity index is 635. The number of hydrogen-bond donors (Lipinski definition) is 0. The van der Waals surface area contributed by atoms with Crippen LogP contribution in [0.25, 0.3) is 0 Å². The molecule has 0 amide bonds. The molecular formula is C15H15NO3S. The van der Waals surface area contributed by atoms with Crippen molar-refractivity contribution in [2.45, 2.75) is 32.5 Å². The molecule has 2 heterocycles. The van der Waals surface area contributed by atoms with Crippen LogP contribution >= 0.6 is 11.3 Å². The van der Waals surface area contributed by atoms with Crippen LogP contribution in [-0.2, 0) is 6.61 Å². The molecule has 1 aromatic heterocycles. The van der Waals surface area contributed by atoms with Crippen molar-refractivity contribution in [3.63, 3.8) is 0 Å². The minimum atomic E-state index is -0.461. The quantitative estimate of drug-likeness (QED) is 0.868. The third-order valence-corrected chi connectivity index (χ3v) is 3.73. The number of nitrogens with zero attached hydrogens (tertiary/aromatic N) is 1. The van der Waals surface area contributed by atoms with E-state index in [0.717, 1.165) is 5.69 Å². The van der Waals surface area contributed by atoms with Crippen LogP contribution in [0.5, 0.6) is 11.5 Å². The molecule has 2 aromatic rings. The molecule has 1 aliphatic rings. The summed E-state index contributed by atoms with van der Waals surface area (Å²) in [7, 11) is 0. The van der Waals surface area contributed by atoms with E-state index in [1.165, 1.54) is 11.3 Å². The van der Waals surface area contributed by atoms with Crippen molar-refractivity contribution < 1.29 is 14.3 Å². The molecule has 0 radical (unpaired) electrons. The van der Waals surface area contributed by atoms with Crippen molar-refractivity contribution in [2.24, 2.45) is 0 Å². The van der Waals surface area contributed by atoms with Crippen molar-refractivity contribution >= 4 is 17.1 Å². The highest BCUT2D eigenvalue weighted by Crippen LogP contribution is 2.35. The number of rotatable bonds is 3. The van der Waals surface area contributed by atoms with E-state index in [0.29, 0.717) is 30.1 Å². The number of carbonyl (C=O) groups is 1. The molecule has 0 atom stereocenters. The van der Waals surface area contributed by atoms with Crippen LogP contribution in [-0.4, -0.2) is 16.4 Å². The zero-order chi connectivity index (χ0) is 14.2. The molecule has 104 valence electrons. The summed E-state index contributed by atoms with van der Waals surface area (Å²) < 4.78 is 11.5. The average Bonchev–Trinajstić information content (AvgIpc) is 2.87. The number of benzene rings is 1. The molecule has 20 heavy (non-hydrogen) atoms. The van der Waals surface area contributed by atoms with Gasteiger partial charge in [-0.3, -0.25) is 4.79 Å². The zero-order valence-corrected chi connectivity index (χ0v) is 12.2. The maximum atomic E-state index is 12.0. The van der Waals surface area contributed by atoms with E-state index in [9.17, 15) is 4.79 Å². The SMILES string of the molecule is CC1(C)CC(=O)c2ccc(OCc3cscn3)cc2O1. The maximum absolute atomic E-state index is 12.0. The summed E-state index contributed by atoms with van der Waals surface area (Å²) in [6, 6.07) is 5.34. The predicted octanol–water partition coefficient (Wildman–Crippen LogP) is 3.47. The lowest BCUT2D eigenvalue weighted by atomic mass is 9.93. The molecular weight excluding hydrogens is 274 g/mol. The van der Waals surface area contributed by atoms with E-state index < -0.39 is 5.60 Å². The van der Waals surface area contributed by atoms with E-state index in [1.54, 1.807) is 23.7 Å². The van der Waals surface area contributed by atoms with E-state index in [1.807, 2.05) is 19.2 Å². The predicted molar refractivity (Wildman–Crippen MR) is 76.5 cm³/mol. The fourth-order valence-corrected chi connectivity index (χ4v) is 2.73. The molecule has 0 N–H and O–H groups in total. The Morgan fingerprint density at radius 2 is 2.30 bits per heavy atom. The van der Waals surface area contributed by atoms with Gasteiger partial charge in [0.1, 0.15) is 23.7 Å². The lowest BCUT2D eigenvalue weighted by Gasteiger charge is -2.31. The summed E-state index contributed by atoms with van der Waals surface area (Å²) in [6.07, 6.45) is 0.402. The molecule has 0 saturated carbocycles. The van der Waals surface area contributed by atoms with Crippen molar-refractivity contribution in [2.75, 3.05) is 0 Å². The molecule has 3 rings (SSSR count).